The topological polar surface area (TPSA) is 29.1 Å². The molecule has 0 amide bonds. The van der Waals surface area contributed by atoms with E-state index >= 15 is 0 Å². The number of hydrogen-bond acceptors (Lipinski definition) is 2. The van der Waals surface area contributed by atoms with Crippen molar-refractivity contribution in [3.63, 3.8) is 0 Å². The summed E-state index contributed by atoms with van der Waals surface area (Å²) in [6.45, 7) is 12.4. The molecule has 0 saturated heterocycles. The van der Waals surface area contributed by atoms with Gasteiger partial charge in [-0.1, -0.05) is 51.1 Å². The highest BCUT2D eigenvalue weighted by molar-refractivity contribution is 5.84. The SMILES string of the molecule is CC(C)(C)N[C@H](CC(=O)C(C)(C)C)Cc1ccccc1. The van der Waals surface area contributed by atoms with Crippen LogP contribution in [0.3, 0.4) is 0 Å². The van der Waals surface area contributed by atoms with Crippen molar-refractivity contribution in [1.82, 2.24) is 5.32 Å². The number of benzene rings is 1. The predicted octanol–water partition coefficient (Wildman–Crippen LogP) is 3.99. The molecule has 1 atom stereocenters. The fraction of sp³-hybridized carbons (Fsp3) is 0.611. The molecule has 2 nitrogen and oxygen atoms in total. The maximum absolute atomic E-state index is 12.3. The summed E-state index contributed by atoms with van der Waals surface area (Å²) < 4.78 is 0. The molecule has 0 saturated carbocycles. The summed E-state index contributed by atoms with van der Waals surface area (Å²) in [6, 6.07) is 10.6. The molecule has 0 bridgehead atoms. The smallest absolute Gasteiger partial charge is 0.139 e. The van der Waals surface area contributed by atoms with Gasteiger partial charge < -0.3 is 5.32 Å². The van der Waals surface area contributed by atoms with Crippen molar-refractivity contribution >= 4 is 5.78 Å². The third kappa shape index (κ3) is 6.33. The van der Waals surface area contributed by atoms with Crippen LogP contribution in [-0.2, 0) is 11.2 Å². The molecule has 0 fully saturated rings. The Balaban J connectivity index is 2.78. The molecule has 1 rings (SSSR count). The summed E-state index contributed by atoms with van der Waals surface area (Å²) >= 11 is 0. The first kappa shape index (κ1) is 16.9. The molecule has 1 aromatic rings. The van der Waals surface area contributed by atoms with Gasteiger partial charge in [0.1, 0.15) is 5.78 Å². The lowest BCUT2D eigenvalue weighted by Crippen LogP contribution is -2.46. The number of rotatable bonds is 5. The minimum Gasteiger partial charge on any atom is -0.309 e. The van der Waals surface area contributed by atoms with E-state index < -0.39 is 0 Å². The molecule has 0 aliphatic rings. The summed E-state index contributed by atoms with van der Waals surface area (Å²) in [7, 11) is 0. The van der Waals surface area contributed by atoms with E-state index in [4.69, 9.17) is 0 Å². The van der Waals surface area contributed by atoms with Crippen LogP contribution < -0.4 is 5.32 Å². The van der Waals surface area contributed by atoms with Gasteiger partial charge in [0.15, 0.2) is 0 Å². The highest BCUT2D eigenvalue weighted by Gasteiger charge is 2.26. The monoisotopic (exact) mass is 275 g/mol. The Morgan fingerprint density at radius 2 is 1.60 bits per heavy atom. The largest absolute Gasteiger partial charge is 0.309 e. The molecule has 20 heavy (non-hydrogen) atoms. The summed E-state index contributed by atoms with van der Waals surface area (Å²) in [4.78, 5) is 12.3. The first-order chi connectivity index (χ1) is 9.08. The van der Waals surface area contributed by atoms with Gasteiger partial charge in [-0.3, -0.25) is 4.79 Å². The zero-order valence-electron chi connectivity index (χ0n) is 13.8. The molecule has 0 aromatic heterocycles. The lowest BCUT2D eigenvalue weighted by Gasteiger charge is -2.30. The Hall–Kier alpha value is -1.15. The van der Waals surface area contributed by atoms with Gasteiger partial charge in [0.25, 0.3) is 0 Å². The van der Waals surface area contributed by atoms with Gasteiger partial charge in [0, 0.05) is 23.4 Å². The maximum atomic E-state index is 12.3. The van der Waals surface area contributed by atoms with Crippen molar-refractivity contribution in [3.8, 4) is 0 Å². The molecule has 1 N–H and O–H groups in total. The average molecular weight is 275 g/mol. The van der Waals surface area contributed by atoms with E-state index in [9.17, 15) is 4.79 Å². The van der Waals surface area contributed by atoms with E-state index in [1.54, 1.807) is 0 Å². The quantitative estimate of drug-likeness (QED) is 0.880. The Labute approximate surface area is 124 Å². The molecule has 0 radical (unpaired) electrons. The zero-order chi connectivity index (χ0) is 15.4. The third-order valence-corrected chi connectivity index (χ3v) is 3.23. The number of ketones is 1. The van der Waals surface area contributed by atoms with Crippen LogP contribution in [0.4, 0.5) is 0 Å². The van der Waals surface area contributed by atoms with Gasteiger partial charge in [0.2, 0.25) is 0 Å². The molecular weight excluding hydrogens is 246 g/mol. The number of nitrogens with one attached hydrogen (secondary N) is 1. The van der Waals surface area contributed by atoms with Gasteiger partial charge in [-0.2, -0.15) is 0 Å². The highest BCUT2D eigenvalue weighted by atomic mass is 16.1. The second-order valence-corrected chi connectivity index (χ2v) is 7.66. The number of carbonyl (C=O) groups excluding carboxylic acids is 1. The predicted molar refractivity (Wildman–Crippen MR) is 85.9 cm³/mol. The second-order valence-electron chi connectivity index (χ2n) is 7.66. The Bertz CT molecular complexity index is 423. The third-order valence-electron chi connectivity index (χ3n) is 3.23. The molecule has 112 valence electrons. The van der Waals surface area contributed by atoms with Gasteiger partial charge in [-0.05, 0) is 32.8 Å². The molecule has 1 aromatic carbocycles. The van der Waals surface area contributed by atoms with Crippen LogP contribution in [-0.4, -0.2) is 17.4 Å². The Morgan fingerprint density at radius 3 is 2.05 bits per heavy atom. The molecule has 0 unspecified atom stereocenters. The molecule has 2 heteroatoms. The van der Waals surface area contributed by atoms with E-state index in [0.29, 0.717) is 12.2 Å². The van der Waals surface area contributed by atoms with Crippen molar-refractivity contribution in [2.24, 2.45) is 5.41 Å². The minimum atomic E-state index is -0.269. The Kier molecular flexibility index (Phi) is 5.52. The van der Waals surface area contributed by atoms with Crippen molar-refractivity contribution < 1.29 is 4.79 Å². The minimum absolute atomic E-state index is 0.0115. The average Bonchev–Trinajstić information content (AvgIpc) is 2.26. The van der Waals surface area contributed by atoms with Crippen molar-refractivity contribution in [2.45, 2.75) is 66.0 Å². The van der Waals surface area contributed by atoms with E-state index in [1.807, 2.05) is 26.8 Å². The van der Waals surface area contributed by atoms with Crippen LogP contribution in [0.2, 0.25) is 0 Å². The molecule has 0 aliphatic carbocycles. The van der Waals surface area contributed by atoms with Crippen LogP contribution in [0.15, 0.2) is 30.3 Å². The number of Topliss-reactive ketones (excluding diaryl/α,β-unsaturated/α-hetero) is 1. The standard InChI is InChI=1S/C18H29NO/c1-17(2,3)16(20)13-15(19-18(4,5)6)12-14-10-8-7-9-11-14/h7-11,15,19H,12-13H2,1-6H3/t15-/m0/s1. The van der Waals surface area contributed by atoms with Crippen LogP contribution in [0, 0.1) is 5.41 Å². The van der Waals surface area contributed by atoms with Crippen LogP contribution in [0.25, 0.3) is 0 Å². The van der Waals surface area contributed by atoms with Crippen LogP contribution in [0.1, 0.15) is 53.5 Å². The maximum Gasteiger partial charge on any atom is 0.139 e. The summed E-state index contributed by atoms with van der Waals surface area (Å²) in [5.41, 5.74) is 1.02. The van der Waals surface area contributed by atoms with Crippen molar-refractivity contribution in [3.05, 3.63) is 35.9 Å². The fourth-order valence-electron chi connectivity index (χ4n) is 2.22. The van der Waals surface area contributed by atoms with Crippen molar-refractivity contribution in [1.29, 1.82) is 0 Å². The molecule has 0 heterocycles. The zero-order valence-corrected chi connectivity index (χ0v) is 13.8. The first-order valence-corrected chi connectivity index (χ1v) is 7.43. The van der Waals surface area contributed by atoms with Gasteiger partial charge >= 0.3 is 0 Å². The normalized spacial score (nSPS) is 14.1. The molecule has 0 spiro atoms. The first-order valence-electron chi connectivity index (χ1n) is 7.43. The summed E-state index contributed by atoms with van der Waals surface area (Å²) in [5, 5.41) is 3.59. The molecule has 0 aliphatic heterocycles. The van der Waals surface area contributed by atoms with E-state index in [-0.39, 0.29) is 17.0 Å². The number of carbonyl (C=O) groups is 1. The van der Waals surface area contributed by atoms with Crippen LogP contribution >= 0.6 is 0 Å². The molecular formula is C18H29NO. The lowest BCUT2D eigenvalue weighted by molar-refractivity contribution is -0.126. The van der Waals surface area contributed by atoms with E-state index in [1.165, 1.54) is 5.56 Å². The number of hydrogen-bond donors (Lipinski definition) is 1. The van der Waals surface area contributed by atoms with Crippen molar-refractivity contribution in [2.75, 3.05) is 0 Å². The van der Waals surface area contributed by atoms with E-state index in [0.717, 1.165) is 6.42 Å². The van der Waals surface area contributed by atoms with Gasteiger partial charge in [0.05, 0.1) is 0 Å². The summed E-state index contributed by atoms with van der Waals surface area (Å²) in [5.74, 6) is 0.315. The second kappa shape index (κ2) is 6.53. The highest BCUT2D eigenvalue weighted by Crippen LogP contribution is 2.20. The van der Waals surface area contributed by atoms with Gasteiger partial charge in [-0.15, -0.1) is 0 Å². The van der Waals surface area contributed by atoms with Crippen LogP contribution in [0.5, 0.6) is 0 Å². The Morgan fingerprint density at radius 1 is 1.05 bits per heavy atom. The fourth-order valence-corrected chi connectivity index (χ4v) is 2.22. The van der Waals surface area contributed by atoms with Gasteiger partial charge in [-0.25, -0.2) is 0 Å². The summed E-state index contributed by atoms with van der Waals surface area (Å²) in [6.07, 6.45) is 1.47. The van der Waals surface area contributed by atoms with E-state index in [2.05, 4.69) is 50.4 Å². The lowest BCUT2D eigenvalue weighted by atomic mass is 9.85.